The number of aliphatic hydroxyl groups is 1. The van der Waals surface area contributed by atoms with Gasteiger partial charge >= 0.3 is 11.9 Å². The summed E-state index contributed by atoms with van der Waals surface area (Å²) in [6, 6.07) is 7.00. The first-order valence-electron chi connectivity index (χ1n) is 9.98. The van der Waals surface area contributed by atoms with Crippen LogP contribution in [0.1, 0.15) is 66.4 Å². The van der Waals surface area contributed by atoms with Crippen LogP contribution in [0.3, 0.4) is 0 Å². The van der Waals surface area contributed by atoms with Crippen molar-refractivity contribution in [3.8, 4) is 0 Å². The molecular formula is C23H31BrO6. The van der Waals surface area contributed by atoms with Crippen molar-refractivity contribution in [3.63, 3.8) is 0 Å². The van der Waals surface area contributed by atoms with Crippen molar-refractivity contribution >= 4 is 33.7 Å². The van der Waals surface area contributed by atoms with Crippen molar-refractivity contribution in [3.05, 3.63) is 34.3 Å². The van der Waals surface area contributed by atoms with E-state index in [0.717, 1.165) is 4.47 Å². The molecule has 1 aromatic rings. The smallest absolute Gasteiger partial charge is 0.317 e. The molecule has 1 aromatic carbocycles. The highest BCUT2D eigenvalue weighted by atomic mass is 79.9. The number of Topliss-reactive ketones (excluding diaryl/α,β-unsaturated/α-hetero) is 1. The molecule has 1 fully saturated rings. The van der Waals surface area contributed by atoms with Crippen LogP contribution < -0.4 is 0 Å². The Morgan fingerprint density at radius 1 is 1.00 bits per heavy atom. The molecule has 0 amide bonds. The predicted molar refractivity (Wildman–Crippen MR) is 116 cm³/mol. The van der Waals surface area contributed by atoms with Gasteiger partial charge in [0.2, 0.25) is 0 Å². The van der Waals surface area contributed by atoms with E-state index in [1.807, 2.05) is 0 Å². The van der Waals surface area contributed by atoms with Crippen LogP contribution in [0.15, 0.2) is 28.7 Å². The molecule has 166 valence electrons. The first kappa shape index (κ1) is 24.5. The van der Waals surface area contributed by atoms with E-state index in [9.17, 15) is 19.5 Å². The second-order valence-electron chi connectivity index (χ2n) is 10.1. The third-order valence-electron chi connectivity index (χ3n) is 4.84. The monoisotopic (exact) mass is 482 g/mol. The number of ketones is 1. The summed E-state index contributed by atoms with van der Waals surface area (Å²) in [5.74, 6) is -5.07. The highest BCUT2D eigenvalue weighted by Crippen LogP contribution is 2.47. The Hall–Kier alpha value is -1.73. The van der Waals surface area contributed by atoms with Crippen molar-refractivity contribution < 1.29 is 29.0 Å². The Bertz CT molecular complexity index is 814. The molecular weight excluding hydrogens is 452 g/mol. The first-order valence-corrected chi connectivity index (χ1v) is 10.8. The molecule has 0 spiro atoms. The fraction of sp³-hybridized carbons (Fsp3) is 0.609. The SMILES string of the molecule is CC(C)(C)OC(=O)[C@@H]1C(=O)C[C@@](C)(O)[C@@H](C(=O)OC(C)(C)C)[C@@H]1c1ccc(Br)cc1. The van der Waals surface area contributed by atoms with Crippen molar-refractivity contribution in [1.82, 2.24) is 0 Å². The molecule has 0 bridgehead atoms. The normalized spacial score (nSPS) is 27.5. The minimum atomic E-state index is -1.67. The van der Waals surface area contributed by atoms with E-state index in [4.69, 9.17) is 9.47 Å². The number of hydrogen-bond acceptors (Lipinski definition) is 6. The fourth-order valence-corrected chi connectivity index (χ4v) is 4.10. The van der Waals surface area contributed by atoms with Crippen LogP contribution in [0.4, 0.5) is 0 Å². The van der Waals surface area contributed by atoms with Gasteiger partial charge in [-0.2, -0.15) is 0 Å². The van der Waals surface area contributed by atoms with Crippen molar-refractivity contribution in [2.75, 3.05) is 0 Å². The lowest BCUT2D eigenvalue weighted by molar-refractivity contribution is -0.182. The van der Waals surface area contributed by atoms with E-state index < -0.39 is 52.3 Å². The fourth-order valence-electron chi connectivity index (χ4n) is 3.83. The summed E-state index contributed by atoms with van der Waals surface area (Å²) in [6.07, 6.45) is -0.339. The van der Waals surface area contributed by atoms with Crippen LogP contribution in [-0.4, -0.2) is 39.6 Å². The molecule has 7 heteroatoms. The number of benzene rings is 1. The van der Waals surface area contributed by atoms with Crippen LogP contribution in [0.25, 0.3) is 0 Å². The lowest BCUT2D eigenvalue weighted by Gasteiger charge is -2.44. The third-order valence-corrected chi connectivity index (χ3v) is 5.37. The molecule has 1 aliphatic rings. The van der Waals surface area contributed by atoms with E-state index in [0.29, 0.717) is 5.56 Å². The van der Waals surface area contributed by atoms with Gasteiger partial charge < -0.3 is 14.6 Å². The molecule has 1 aliphatic carbocycles. The number of halogens is 1. The van der Waals surface area contributed by atoms with Crippen LogP contribution in [-0.2, 0) is 23.9 Å². The summed E-state index contributed by atoms with van der Waals surface area (Å²) < 4.78 is 11.9. The van der Waals surface area contributed by atoms with Gasteiger partial charge in [-0.1, -0.05) is 28.1 Å². The summed E-state index contributed by atoms with van der Waals surface area (Å²) in [5.41, 5.74) is -2.68. The molecule has 0 heterocycles. The number of carbonyl (C=O) groups is 3. The lowest BCUT2D eigenvalue weighted by Crippen LogP contribution is -2.56. The van der Waals surface area contributed by atoms with Gasteiger partial charge in [-0.15, -0.1) is 0 Å². The van der Waals surface area contributed by atoms with Gasteiger partial charge in [-0.05, 0) is 66.2 Å². The Labute approximate surface area is 186 Å². The minimum absolute atomic E-state index is 0.339. The second kappa shape index (κ2) is 8.42. The van der Waals surface area contributed by atoms with E-state index >= 15 is 0 Å². The number of esters is 2. The molecule has 1 saturated carbocycles. The maximum atomic E-state index is 13.2. The quantitative estimate of drug-likeness (QED) is 0.513. The topological polar surface area (TPSA) is 89.9 Å². The number of rotatable bonds is 3. The Balaban J connectivity index is 2.62. The Morgan fingerprint density at radius 2 is 1.47 bits per heavy atom. The molecule has 4 atom stereocenters. The number of hydrogen-bond donors (Lipinski definition) is 1. The molecule has 2 rings (SSSR count). The maximum absolute atomic E-state index is 13.2. The van der Waals surface area contributed by atoms with Crippen LogP contribution in [0.5, 0.6) is 0 Å². The minimum Gasteiger partial charge on any atom is -0.460 e. The zero-order valence-electron chi connectivity index (χ0n) is 18.6. The van der Waals surface area contributed by atoms with Gasteiger partial charge in [-0.25, -0.2) is 0 Å². The van der Waals surface area contributed by atoms with Gasteiger partial charge in [-0.3, -0.25) is 14.4 Å². The molecule has 0 aliphatic heterocycles. The average molecular weight is 483 g/mol. The molecule has 1 N–H and O–H groups in total. The molecule has 6 nitrogen and oxygen atoms in total. The van der Waals surface area contributed by atoms with Gasteiger partial charge in [0.25, 0.3) is 0 Å². The van der Waals surface area contributed by atoms with Crippen molar-refractivity contribution in [1.29, 1.82) is 0 Å². The second-order valence-corrected chi connectivity index (χ2v) is 11.0. The molecule has 0 saturated heterocycles. The number of ether oxygens (including phenoxy) is 2. The zero-order valence-corrected chi connectivity index (χ0v) is 20.2. The largest absolute Gasteiger partial charge is 0.460 e. The van der Waals surface area contributed by atoms with Crippen molar-refractivity contribution in [2.45, 2.75) is 77.6 Å². The van der Waals surface area contributed by atoms with Gasteiger partial charge in [0.1, 0.15) is 17.1 Å². The summed E-state index contributed by atoms with van der Waals surface area (Å²) in [4.78, 5) is 39.3. The van der Waals surface area contributed by atoms with E-state index in [1.165, 1.54) is 6.92 Å². The van der Waals surface area contributed by atoms with E-state index in [1.54, 1.807) is 65.8 Å². The third kappa shape index (κ3) is 5.91. The zero-order chi connectivity index (χ0) is 23.1. The highest BCUT2D eigenvalue weighted by Gasteiger charge is 2.57. The first-order chi connectivity index (χ1) is 13.5. The predicted octanol–water partition coefficient (Wildman–Crippen LogP) is 4.17. The van der Waals surface area contributed by atoms with Gasteiger partial charge in [0, 0.05) is 16.8 Å². The highest BCUT2D eigenvalue weighted by molar-refractivity contribution is 9.10. The van der Waals surface area contributed by atoms with Crippen molar-refractivity contribution in [2.24, 2.45) is 11.8 Å². The Kier molecular flexibility index (Phi) is 6.89. The lowest BCUT2D eigenvalue weighted by atomic mass is 9.61. The van der Waals surface area contributed by atoms with Crippen LogP contribution >= 0.6 is 15.9 Å². The average Bonchev–Trinajstić information content (AvgIpc) is 2.50. The Morgan fingerprint density at radius 3 is 1.93 bits per heavy atom. The van der Waals surface area contributed by atoms with Gasteiger partial charge in [0.15, 0.2) is 5.78 Å². The van der Waals surface area contributed by atoms with E-state index in [-0.39, 0.29) is 6.42 Å². The molecule has 0 unspecified atom stereocenters. The maximum Gasteiger partial charge on any atom is 0.317 e. The van der Waals surface area contributed by atoms with Gasteiger partial charge in [0.05, 0.1) is 11.5 Å². The van der Waals surface area contributed by atoms with Crippen LogP contribution in [0, 0.1) is 11.8 Å². The summed E-state index contributed by atoms with van der Waals surface area (Å²) in [7, 11) is 0. The standard InChI is InChI=1S/C23H31BrO6/c1-21(2,3)29-19(26)17-15(25)12-23(7,28)18(20(27)30-22(4,5)6)16(17)13-8-10-14(24)11-9-13/h8-11,16-18,28H,12H2,1-7H3/t16-,17-,18-,23-/m1/s1. The molecule has 0 radical (unpaired) electrons. The number of carbonyl (C=O) groups excluding carboxylic acids is 3. The summed E-state index contributed by atoms with van der Waals surface area (Å²) in [6.45, 7) is 11.8. The summed E-state index contributed by atoms with van der Waals surface area (Å²) in [5, 5.41) is 11.1. The summed E-state index contributed by atoms with van der Waals surface area (Å²) >= 11 is 3.37. The molecule has 0 aromatic heterocycles. The molecule has 30 heavy (non-hydrogen) atoms. The van der Waals surface area contributed by atoms with E-state index in [2.05, 4.69) is 15.9 Å². The van der Waals surface area contributed by atoms with Crippen LogP contribution in [0.2, 0.25) is 0 Å².